The number of hydrogen-bond donors (Lipinski definition) is 2. The SMILES string of the molecule is CC(S)C[Si](C)(C)O[Si](C)(C)O[Si](C)(C)O[Si](C)(C)CC(C)S. The fourth-order valence-corrected chi connectivity index (χ4v) is 26.1. The summed E-state index contributed by atoms with van der Waals surface area (Å²) in [6, 6.07) is 2.08. The van der Waals surface area contributed by atoms with Crippen molar-refractivity contribution in [3.05, 3.63) is 0 Å². The zero-order valence-electron chi connectivity index (χ0n) is 16.7. The molecular weight excluding hydrogens is 393 g/mol. The van der Waals surface area contributed by atoms with E-state index in [9.17, 15) is 0 Å². The van der Waals surface area contributed by atoms with Crippen LogP contribution in [0.5, 0.6) is 0 Å². The maximum Gasteiger partial charge on any atom is 0.312 e. The highest BCUT2D eigenvalue weighted by molar-refractivity contribution is 7.81. The molecule has 0 amide bonds. The quantitative estimate of drug-likeness (QED) is 0.354. The standard InChI is InChI=1S/C14H38O3S2Si4/c1-13(18)11-20(3,4)15-22(7,8)17-23(9,10)16-21(5,6)12-14(2)19/h13-14,18-19H,11-12H2,1-10H3. The van der Waals surface area contributed by atoms with E-state index in [-0.39, 0.29) is 0 Å². The lowest BCUT2D eigenvalue weighted by atomic mass is 10.6. The van der Waals surface area contributed by atoms with Gasteiger partial charge in [-0.3, -0.25) is 0 Å². The average molecular weight is 431 g/mol. The first kappa shape index (κ1) is 24.4. The molecule has 3 nitrogen and oxygen atoms in total. The molecule has 0 spiro atoms. The van der Waals surface area contributed by atoms with E-state index in [0.717, 1.165) is 12.1 Å². The molecule has 9 heteroatoms. The smallest absolute Gasteiger partial charge is 0.312 e. The van der Waals surface area contributed by atoms with E-state index >= 15 is 0 Å². The summed E-state index contributed by atoms with van der Waals surface area (Å²) in [5, 5.41) is 0.734. The highest BCUT2D eigenvalue weighted by atomic mass is 32.1. The predicted molar refractivity (Wildman–Crippen MR) is 120 cm³/mol. The average Bonchev–Trinajstić information content (AvgIpc) is 2.02. The van der Waals surface area contributed by atoms with Gasteiger partial charge in [-0.2, -0.15) is 25.3 Å². The molecule has 2 atom stereocenters. The molecule has 23 heavy (non-hydrogen) atoms. The largest absolute Gasteiger partial charge is 0.436 e. The van der Waals surface area contributed by atoms with Crippen LogP contribution >= 0.6 is 25.3 Å². The van der Waals surface area contributed by atoms with Gasteiger partial charge in [0, 0.05) is 0 Å². The van der Waals surface area contributed by atoms with Gasteiger partial charge in [0.2, 0.25) is 0 Å². The van der Waals surface area contributed by atoms with Gasteiger partial charge in [-0.05, 0) is 75.0 Å². The van der Waals surface area contributed by atoms with Crippen LogP contribution in [0.15, 0.2) is 0 Å². The van der Waals surface area contributed by atoms with Crippen molar-refractivity contribution in [1.82, 2.24) is 0 Å². The number of rotatable bonds is 10. The molecule has 0 aromatic rings. The van der Waals surface area contributed by atoms with Crippen LogP contribution in [0.3, 0.4) is 0 Å². The zero-order valence-corrected chi connectivity index (χ0v) is 22.5. The monoisotopic (exact) mass is 430 g/mol. The minimum absolute atomic E-state index is 0.367. The molecule has 0 rings (SSSR count). The van der Waals surface area contributed by atoms with Crippen molar-refractivity contribution in [3.63, 3.8) is 0 Å². The number of hydrogen-bond acceptors (Lipinski definition) is 5. The van der Waals surface area contributed by atoms with Gasteiger partial charge in [-0.1, -0.05) is 13.8 Å². The van der Waals surface area contributed by atoms with Gasteiger partial charge in [0.1, 0.15) is 0 Å². The molecule has 0 N–H and O–H groups in total. The van der Waals surface area contributed by atoms with E-state index in [1.807, 2.05) is 0 Å². The zero-order chi connectivity index (χ0) is 18.7. The Bertz CT molecular complexity index is 341. The van der Waals surface area contributed by atoms with Crippen LogP contribution in [0.2, 0.25) is 64.5 Å². The summed E-state index contributed by atoms with van der Waals surface area (Å²) in [5.41, 5.74) is 0. The Balaban J connectivity index is 4.85. The predicted octanol–water partition coefficient (Wildman–Crippen LogP) is 5.49. The topological polar surface area (TPSA) is 27.7 Å². The normalized spacial score (nSPS) is 17.2. The molecule has 0 aromatic carbocycles. The fourth-order valence-electron chi connectivity index (χ4n) is 3.47. The van der Waals surface area contributed by atoms with Crippen LogP contribution in [0, 0.1) is 0 Å². The number of thiol groups is 2. The second-order valence-corrected chi connectivity index (χ2v) is 26.4. The highest BCUT2D eigenvalue weighted by Crippen LogP contribution is 2.28. The molecule has 0 fully saturated rings. The van der Waals surface area contributed by atoms with E-state index in [4.69, 9.17) is 12.3 Å². The Labute approximate surface area is 159 Å². The van der Waals surface area contributed by atoms with Gasteiger partial charge in [0.15, 0.2) is 16.6 Å². The molecule has 140 valence electrons. The van der Waals surface area contributed by atoms with Crippen LogP contribution in [0.4, 0.5) is 0 Å². The van der Waals surface area contributed by atoms with Crippen molar-refractivity contribution in [2.24, 2.45) is 0 Å². The third kappa shape index (κ3) is 12.4. The van der Waals surface area contributed by atoms with Gasteiger partial charge in [-0.15, -0.1) is 0 Å². The summed E-state index contributed by atoms with van der Waals surface area (Å²) < 4.78 is 19.6. The van der Waals surface area contributed by atoms with Crippen LogP contribution in [-0.4, -0.2) is 44.3 Å². The van der Waals surface area contributed by atoms with Gasteiger partial charge < -0.3 is 12.3 Å². The summed E-state index contributed by atoms with van der Waals surface area (Å²) in [4.78, 5) is 0. The first-order valence-corrected chi connectivity index (χ1v) is 21.3. The minimum Gasteiger partial charge on any atom is -0.436 e. The van der Waals surface area contributed by atoms with Crippen molar-refractivity contribution in [2.75, 3.05) is 0 Å². The molecule has 0 aliphatic carbocycles. The van der Waals surface area contributed by atoms with Gasteiger partial charge in [-0.25, -0.2) is 0 Å². The van der Waals surface area contributed by atoms with E-state index < -0.39 is 33.8 Å². The van der Waals surface area contributed by atoms with Crippen LogP contribution in [-0.2, 0) is 12.3 Å². The fraction of sp³-hybridized carbons (Fsp3) is 1.00. The Morgan fingerprint density at radius 1 is 0.609 bits per heavy atom. The summed E-state index contributed by atoms with van der Waals surface area (Å²) in [7, 11) is -7.95. The maximum absolute atomic E-state index is 6.53. The molecule has 0 saturated carbocycles. The molecule has 0 heterocycles. The summed E-state index contributed by atoms with van der Waals surface area (Å²) in [6.45, 7) is 21.9. The van der Waals surface area contributed by atoms with E-state index in [1.54, 1.807) is 0 Å². The Kier molecular flexibility index (Phi) is 9.45. The van der Waals surface area contributed by atoms with Gasteiger partial charge in [0.05, 0.1) is 0 Å². The van der Waals surface area contributed by atoms with Crippen LogP contribution in [0.25, 0.3) is 0 Å². The molecule has 0 radical (unpaired) electrons. The lowest BCUT2D eigenvalue weighted by Gasteiger charge is -2.41. The first-order valence-electron chi connectivity index (χ1n) is 8.42. The second-order valence-electron chi connectivity index (χ2n) is 8.73. The van der Waals surface area contributed by atoms with Gasteiger partial charge >= 0.3 is 17.1 Å². The molecular formula is C14H38O3S2Si4. The molecule has 0 aromatic heterocycles. The van der Waals surface area contributed by atoms with Crippen LogP contribution in [0.1, 0.15) is 13.8 Å². The lowest BCUT2D eigenvalue weighted by molar-refractivity contribution is 0.328. The summed E-state index contributed by atoms with van der Waals surface area (Å²) in [5.74, 6) is 0. The van der Waals surface area contributed by atoms with Gasteiger partial charge in [0.25, 0.3) is 0 Å². The second kappa shape index (κ2) is 8.89. The lowest BCUT2D eigenvalue weighted by Crippen LogP contribution is -2.56. The Hall–Kier alpha value is 1.45. The first-order chi connectivity index (χ1) is 9.95. The molecule has 0 aliphatic rings. The third-order valence-electron chi connectivity index (χ3n) is 3.11. The maximum atomic E-state index is 6.53. The molecule has 0 bridgehead atoms. The van der Waals surface area contributed by atoms with Crippen molar-refractivity contribution in [3.8, 4) is 0 Å². The van der Waals surface area contributed by atoms with Crippen molar-refractivity contribution >= 4 is 59.0 Å². The van der Waals surface area contributed by atoms with Crippen molar-refractivity contribution in [2.45, 2.75) is 88.8 Å². The Morgan fingerprint density at radius 2 is 0.870 bits per heavy atom. The van der Waals surface area contributed by atoms with E-state index in [1.165, 1.54) is 0 Å². The highest BCUT2D eigenvalue weighted by Gasteiger charge is 2.43. The van der Waals surface area contributed by atoms with Crippen molar-refractivity contribution < 1.29 is 12.3 Å². The van der Waals surface area contributed by atoms with Crippen LogP contribution < -0.4 is 0 Å². The Morgan fingerprint density at radius 3 is 1.09 bits per heavy atom. The third-order valence-corrected chi connectivity index (χ3v) is 19.6. The van der Waals surface area contributed by atoms with Crippen molar-refractivity contribution in [1.29, 1.82) is 0 Å². The summed E-state index contributed by atoms with van der Waals surface area (Å²) in [6.07, 6.45) is 0. The minimum atomic E-state index is -2.21. The summed E-state index contributed by atoms with van der Waals surface area (Å²) >= 11 is 9.05. The van der Waals surface area contributed by atoms with E-state index in [2.05, 4.69) is 91.5 Å². The molecule has 2 unspecified atom stereocenters. The molecule has 0 saturated heterocycles. The van der Waals surface area contributed by atoms with E-state index in [0.29, 0.717) is 10.5 Å². The molecule has 0 aliphatic heterocycles.